The van der Waals surface area contributed by atoms with Gasteiger partial charge in [-0.25, -0.2) is 10.5 Å². The zero-order chi connectivity index (χ0) is 10.8. The molecule has 0 aliphatic rings. The van der Waals surface area contributed by atoms with E-state index in [1.54, 1.807) is 10.9 Å². The molecule has 7 heteroatoms. The normalized spacial score (nSPS) is 11.4. The Labute approximate surface area is 82.0 Å². The van der Waals surface area contributed by atoms with Gasteiger partial charge in [-0.3, -0.25) is 10.2 Å². The molecule has 3 N–H and O–H groups in total. The number of quaternary nitrogens is 1. The lowest BCUT2D eigenvalue weighted by Gasteiger charge is -2.22. The van der Waals surface area contributed by atoms with Crippen LogP contribution >= 0.6 is 0 Å². The second-order valence-corrected chi connectivity index (χ2v) is 4.05. The molecule has 0 bridgehead atoms. The van der Waals surface area contributed by atoms with Crippen molar-refractivity contribution < 1.29 is 9.28 Å². The Balaban J connectivity index is 2.74. The van der Waals surface area contributed by atoms with Crippen molar-refractivity contribution in [3.8, 4) is 0 Å². The summed E-state index contributed by atoms with van der Waals surface area (Å²) in [4.78, 5) is 11.0. The van der Waals surface area contributed by atoms with E-state index in [9.17, 15) is 4.79 Å². The highest BCUT2D eigenvalue weighted by molar-refractivity contribution is 5.91. The van der Waals surface area contributed by atoms with Crippen LogP contribution in [0.3, 0.4) is 0 Å². The van der Waals surface area contributed by atoms with Crippen molar-refractivity contribution in [2.24, 2.45) is 5.84 Å². The molecule has 0 radical (unpaired) electrons. The number of rotatable bonds is 3. The van der Waals surface area contributed by atoms with Crippen LogP contribution in [0.25, 0.3) is 0 Å². The van der Waals surface area contributed by atoms with E-state index in [0.29, 0.717) is 11.2 Å². The van der Waals surface area contributed by atoms with Gasteiger partial charge in [-0.05, 0) is 0 Å². The number of nitrogen functional groups attached to an aromatic ring is 1. The van der Waals surface area contributed by atoms with Crippen LogP contribution in [0.2, 0.25) is 0 Å². The molecule has 0 fully saturated rings. The van der Waals surface area contributed by atoms with E-state index in [-0.39, 0.29) is 5.69 Å². The van der Waals surface area contributed by atoms with E-state index in [4.69, 9.17) is 5.84 Å². The molecule has 14 heavy (non-hydrogen) atoms. The second kappa shape index (κ2) is 3.72. The van der Waals surface area contributed by atoms with Gasteiger partial charge in [-0.15, -0.1) is 5.10 Å². The maximum atomic E-state index is 11.0. The Morgan fingerprint density at radius 1 is 1.64 bits per heavy atom. The van der Waals surface area contributed by atoms with Crippen molar-refractivity contribution in [3.63, 3.8) is 0 Å². The molecule has 1 rings (SSSR count). The van der Waals surface area contributed by atoms with E-state index in [1.807, 2.05) is 26.6 Å². The average molecular weight is 199 g/mol. The zero-order valence-corrected chi connectivity index (χ0v) is 8.56. The van der Waals surface area contributed by atoms with Crippen LogP contribution in [-0.4, -0.2) is 46.5 Å². The molecule has 0 atom stereocenters. The van der Waals surface area contributed by atoms with E-state index in [2.05, 4.69) is 10.3 Å². The molecule has 0 aliphatic heterocycles. The van der Waals surface area contributed by atoms with E-state index >= 15 is 0 Å². The number of aromatic nitrogens is 3. The molecule has 1 amide bonds. The Hall–Kier alpha value is -1.47. The molecule has 0 spiro atoms. The van der Waals surface area contributed by atoms with Gasteiger partial charge in [0, 0.05) is 0 Å². The summed E-state index contributed by atoms with van der Waals surface area (Å²) in [5.41, 5.74) is 2.22. The van der Waals surface area contributed by atoms with E-state index in [1.165, 1.54) is 0 Å². The van der Waals surface area contributed by atoms with Crippen LogP contribution in [0.1, 0.15) is 10.5 Å². The van der Waals surface area contributed by atoms with Crippen molar-refractivity contribution >= 4 is 5.91 Å². The van der Waals surface area contributed by atoms with Gasteiger partial charge in [0.1, 0.15) is 0 Å². The topological polar surface area (TPSA) is 85.8 Å². The lowest BCUT2D eigenvalue weighted by molar-refractivity contribution is -0.893. The molecule has 1 heterocycles. The predicted molar refractivity (Wildman–Crippen MR) is 49.7 cm³/mol. The Bertz CT molecular complexity index is 325. The molecule has 1 aromatic rings. The van der Waals surface area contributed by atoms with Gasteiger partial charge in [-0.1, -0.05) is 5.21 Å². The molecule has 78 valence electrons. The third kappa shape index (κ3) is 2.79. The molecule has 0 aromatic carbocycles. The molecular weight excluding hydrogens is 184 g/mol. The van der Waals surface area contributed by atoms with Crippen molar-refractivity contribution in [3.05, 3.63) is 11.9 Å². The van der Waals surface area contributed by atoms with Gasteiger partial charge < -0.3 is 4.48 Å². The first-order chi connectivity index (χ1) is 6.42. The summed E-state index contributed by atoms with van der Waals surface area (Å²) in [6.45, 7) is 0.644. The van der Waals surface area contributed by atoms with Crippen LogP contribution in [0.15, 0.2) is 6.20 Å². The summed E-state index contributed by atoms with van der Waals surface area (Å²) < 4.78 is 2.30. The molecule has 0 saturated heterocycles. The third-order valence-corrected chi connectivity index (χ3v) is 1.47. The maximum Gasteiger partial charge on any atom is 0.287 e. The minimum atomic E-state index is -0.433. The lowest BCUT2D eigenvalue weighted by atomic mass is 10.5. The number of nitrogens with one attached hydrogen (secondary N) is 1. The number of hydrogen-bond acceptors (Lipinski definition) is 4. The van der Waals surface area contributed by atoms with Crippen LogP contribution in [0.5, 0.6) is 0 Å². The van der Waals surface area contributed by atoms with Crippen LogP contribution < -0.4 is 11.3 Å². The van der Waals surface area contributed by atoms with Crippen molar-refractivity contribution in [2.75, 3.05) is 21.1 Å². The number of amides is 1. The standard InChI is InChI=1S/C7H14N6O/c1-13(2,3)5-12-4-6(10-11-12)7(14)9-8/h4H,5H2,1-3H3,(H2-,8,9,10,11,14)/p+1. The predicted octanol–water partition coefficient (Wildman–Crippen LogP) is -1.45. The van der Waals surface area contributed by atoms with E-state index in [0.717, 1.165) is 0 Å². The summed E-state index contributed by atoms with van der Waals surface area (Å²) in [6.07, 6.45) is 1.56. The first-order valence-corrected chi connectivity index (χ1v) is 4.14. The highest BCUT2D eigenvalue weighted by atomic mass is 16.2. The van der Waals surface area contributed by atoms with Gasteiger partial charge >= 0.3 is 0 Å². The average Bonchev–Trinajstić information content (AvgIpc) is 2.48. The number of carbonyl (C=O) groups is 1. The molecular formula is C7H15N6O+. The first kappa shape index (κ1) is 10.6. The molecule has 0 unspecified atom stereocenters. The second-order valence-electron chi connectivity index (χ2n) is 4.05. The molecule has 7 nitrogen and oxygen atoms in total. The Morgan fingerprint density at radius 2 is 2.29 bits per heavy atom. The quantitative estimate of drug-likeness (QED) is 0.270. The SMILES string of the molecule is C[N+](C)(C)Cn1cc(C(=O)NN)nn1. The lowest BCUT2D eigenvalue weighted by Crippen LogP contribution is -2.36. The molecule has 1 aromatic heterocycles. The number of hydrazine groups is 1. The van der Waals surface area contributed by atoms with Crippen LogP contribution in [-0.2, 0) is 6.67 Å². The summed E-state index contributed by atoms with van der Waals surface area (Å²) in [7, 11) is 6.05. The minimum absolute atomic E-state index is 0.223. The van der Waals surface area contributed by atoms with Gasteiger partial charge in [0.05, 0.1) is 27.3 Å². The first-order valence-electron chi connectivity index (χ1n) is 4.14. The van der Waals surface area contributed by atoms with Gasteiger partial charge in [-0.2, -0.15) is 0 Å². The van der Waals surface area contributed by atoms with Crippen molar-refractivity contribution in [1.82, 2.24) is 20.4 Å². The number of nitrogens with zero attached hydrogens (tertiary/aromatic N) is 4. The number of hydrogen-bond donors (Lipinski definition) is 2. The zero-order valence-electron chi connectivity index (χ0n) is 8.56. The smallest absolute Gasteiger partial charge is 0.287 e. The monoisotopic (exact) mass is 199 g/mol. The fourth-order valence-corrected chi connectivity index (χ4v) is 0.980. The van der Waals surface area contributed by atoms with Crippen molar-refractivity contribution in [2.45, 2.75) is 6.67 Å². The number of carbonyl (C=O) groups excluding carboxylic acids is 1. The molecule has 0 aliphatic carbocycles. The Kier molecular flexibility index (Phi) is 2.82. The van der Waals surface area contributed by atoms with Crippen molar-refractivity contribution in [1.29, 1.82) is 0 Å². The summed E-state index contributed by atoms with van der Waals surface area (Å²) in [6, 6.07) is 0. The van der Waals surface area contributed by atoms with Crippen LogP contribution in [0.4, 0.5) is 0 Å². The summed E-state index contributed by atoms with van der Waals surface area (Å²) in [5, 5.41) is 7.49. The largest absolute Gasteiger partial charge is 0.312 e. The fourth-order valence-electron chi connectivity index (χ4n) is 0.980. The Morgan fingerprint density at radius 3 is 2.79 bits per heavy atom. The summed E-state index contributed by atoms with van der Waals surface area (Å²) in [5.74, 6) is 4.53. The van der Waals surface area contributed by atoms with Gasteiger partial charge in [0.2, 0.25) is 0 Å². The molecule has 0 saturated carbocycles. The summed E-state index contributed by atoms with van der Waals surface area (Å²) >= 11 is 0. The van der Waals surface area contributed by atoms with Gasteiger partial charge in [0.25, 0.3) is 5.91 Å². The number of nitrogens with two attached hydrogens (primary N) is 1. The maximum absolute atomic E-state index is 11.0. The highest BCUT2D eigenvalue weighted by Gasteiger charge is 2.13. The third-order valence-electron chi connectivity index (χ3n) is 1.47. The van der Waals surface area contributed by atoms with E-state index < -0.39 is 5.91 Å². The minimum Gasteiger partial charge on any atom is -0.312 e. The fraction of sp³-hybridized carbons (Fsp3) is 0.571. The van der Waals surface area contributed by atoms with Gasteiger partial charge in [0.15, 0.2) is 12.4 Å². The highest BCUT2D eigenvalue weighted by Crippen LogP contribution is 1.97. The van der Waals surface area contributed by atoms with Crippen LogP contribution in [0, 0.1) is 0 Å².